The average Bonchev–Trinajstić information content (AvgIpc) is 3.19. The summed E-state index contributed by atoms with van der Waals surface area (Å²) in [5.74, 6) is -0.822. The average molecular weight is 282 g/mol. The number of aromatic hydroxyl groups is 1. The number of carbonyl (C=O) groups is 2. The van der Waals surface area contributed by atoms with E-state index in [1.165, 1.54) is 42.9 Å². The van der Waals surface area contributed by atoms with Crippen molar-refractivity contribution in [3.63, 3.8) is 0 Å². The summed E-state index contributed by atoms with van der Waals surface area (Å²) in [6.45, 7) is 0. The molecule has 0 amide bonds. The summed E-state index contributed by atoms with van der Waals surface area (Å²) in [6.07, 6.45) is 2.75. The van der Waals surface area contributed by atoms with Crippen molar-refractivity contribution >= 4 is 11.6 Å². The van der Waals surface area contributed by atoms with Crippen molar-refractivity contribution in [2.24, 2.45) is 0 Å². The van der Waals surface area contributed by atoms with E-state index in [1.807, 2.05) is 0 Å². The molecule has 0 saturated heterocycles. The van der Waals surface area contributed by atoms with Crippen LogP contribution in [0.25, 0.3) is 0 Å². The second kappa shape index (κ2) is 5.13. The highest BCUT2D eigenvalue weighted by Gasteiger charge is 2.20. The fourth-order valence-corrected chi connectivity index (χ4v) is 1.95. The van der Waals surface area contributed by atoms with Gasteiger partial charge in [0.25, 0.3) is 0 Å². The molecule has 2 heterocycles. The molecule has 0 radical (unpaired) electrons. The topological polar surface area (TPSA) is 80.6 Å². The molecular weight excluding hydrogens is 272 g/mol. The second-order valence-electron chi connectivity index (χ2n) is 4.34. The lowest BCUT2D eigenvalue weighted by molar-refractivity contribution is 0.101. The van der Waals surface area contributed by atoms with Gasteiger partial charge in [0.05, 0.1) is 18.1 Å². The minimum absolute atomic E-state index is 0.00218. The Labute approximate surface area is 119 Å². The van der Waals surface area contributed by atoms with Gasteiger partial charge in [-0.1, -0.05) is 0 Å². The maximum absolute atomic E-state index is 12.2. The molecule has 1 aromatic carbocycles. The Bertz CT molecular complexity index is 782. The van der Waals surface area contributed by atoms with Gasteiger partial charge >= 0.3 is 0 Å². The molecule has 0 bridgehead atoms. The van der Waals surface area contributed by atoms with Gasteiger partial charge in [0, 0.05) is 5.56 Å². The van der Waals surface area contributed by atoms with E-state index >= 15 is 0 Å². The van der Waals surface area contributed by atoms with Crippen molar-refractivity contribution in [1.82, 2.24) is 0 Å². The molecular formula is C16H10O5. The molecule has 0 aliphatic heterocycles. The summed E-state index contributed by atoms with van der Waals surface area (Å²) in [7, 11) is 0. The van der Waals surface area contributed by atoms with E-state index in [9.17, 15) is 14.7 Å². The zero-order valence-corrected chi connectivity index (χ0v) is 10.8. The summed E-state index contributed by atoms with van der Waals surface area (Å²) >= 11 is 0. The van der Waals surface area contributed by atoms with Gasteiger partial charge in [-0.05, 0) is 42.5 Å². The fourth-order valence-electron chi connectivity index (χ4n) is 1.95. The van der Waals surface area contributed by atoms with Crippen LogP contribution in [0.15, 0.2) is 63.8 Å². The lowest BCUT2D eigenvalue weighted by Crippen LogP contribution is -2.05. The van der Waals surface area contributed by atoms with Gasteiger partial charge in [0.1, 0.15) is 5.75 Å². The molecule has 0 aliphatic carbocycles. The molecule has 0 fully saturated rings. The van der Waals surface area contributed by atoms with Crippen molar-refractivity contribution in [2.45, 2.75) is 0 Å². The molecule has 21 heavy (non-hydrogen) atoms. The molecule has 104 valence electrons. The molecule has 1 N–H and O–H groups in total. The van der Waals surface area contributed by atoms with Crippen molar-refractivity contribution in [3.05, 3.63) is 77.6 Å². The van der Waals surface area contributed by atoms with Gasteiger partial charge in [0.2, 0.25) is 11.6 Å². The first kappa shape index (κ1) is 12.9. The number of benzene rings is 1. The monoisotopic (exact) mass is 282 g/mol. The van der Waals surface area contributed by atoms with E-state index in [2.05, 4.69) is 0 Å². The second-order valence-corrected chi connectivity index (χ2v) is 4.34. The summed E-state index contributed by atoms with van der Waals surface area (Å²) in [5.41, 5.74) is 0.250. The quantitative estimate of drug-likeness (QED) is 0.744. The molecule has 0 atom stereocenters. The number of hydrogen-bond acceptors (Lipinski definition) is 5. The number of rotatable bonds is 4. The molecule has 3 aromatic rings. The maximum atomic E-state index is 12.2. The first-order valence-corrected chi connectivity index (χ1v) is 6.16. The molecule has 2 aromatic heterocycles. The van der Waals surface area contributed by atoms with Crippen LogP contribution in [0.4, 0.5) is 0 Å². The van der Waals surface area contributed by atoms with E-state index < -0.39 is 5.78 Å². The summed E-state index contributed by atoms with van der Waals surface area (Å²) < 4.78 is 10.1. The minimum Gasteiger partial charge on any atom is -0.507 e. The van der Waals surface area contributed by atoms with Crippen LogP contribution in [0.5, 0.6) is 5.75 Å². The van der Waals surface area contributed by atoms with E-state index in [1.54, 1.807) is 12.1 Å². The zero-order chi connectivity index (χ0) is 14.8. The van der Waals surface area contributed by atoms with Crippen LogP contribution in [-0.2, 0) is 0 Å². The maximum Gasteiger partial charge on any atom is 0.231 e. The van der Waals surface area contributed by atoms with Gasteiger partial charge in [0.15, 0.2) is 11.5 Å². The fraction of sp³-hybridized carbons (Fsp3) is 0. The Morgan fingerprint density at radius 2 is 1.48 bits per heavy atom. The summed E-state index contributed by atoms with van der Waals surface area (Å²) in [4.78, 5) is 24.4. The molecule has 0 saturated carbocycles. The van der Waals surface area contributed by atoms with Crippen molar-refractivity contribution < 1.29 is 23.5 Å². The number of hydrogen-bond donors (Lipinski definition) is 1. The van der Waals surface area contributed by atoms with Crippen molar-refractivity contribution in [2.75, 3.05) is 0 Å². The standard InChI is InChI=1S/C16H10O5/c17-12-6-5-10(15(18)13-3-1-7-20-13)9-11(12)16(19)14-4-2-8-21-14/h1-9,17H. The Hall–Kier alpha value is -3.08. The van der Waals surface area contributed by atoms with E-state index in [-0.39, 0.29) is 34.2 Å². The third-order valence-electron chi connectivity index (χ3n) is 2.99. The first-order chi connectivity index (χ1) is 10.2. The van der Waals surface area contributed by atoms with Gasteiger partial charge in [-0.25, -0.2) is 0 Å². The SMILES string of the molecule is O=C(c1ccc(O)c(C(=O)c2ccco2)c1)c1ccco1. The molecule has 5 heteroatoms. The Morgan fingerprint density at radius 3 is 2.05 bits per heavy atom. The van der Waals surface area contributed by atoms with Gasteiger partial charge < -0.3 is 13.9 Å². The number of carbonyl (C=O) groups excluding carboxylic acids is 2. The zero-order valence-electron chi connectivity index (χ0n) is 10.8. The normalized spacial score (nSPS) is 10.5. The van der Waals surface area contributed by atoms with Gasteiger partial charge in [-0.2, -0.15) is 0 Å². The predicted molar refractivity (Wildman–Crippen MR) is 72.4 cm³/mol. The largest absolute Gasteiger partial charge is 0.507 e. The number of phenols is 1. The smallest absolute Gasteiger partial charge is 0.231 e. The van der Waals surface area contributed by atoms with Crippen molar-refractivity contribution in [3.8, 4) is 5.75 Å². The van der Waals surface area contributed by atoms with E-state index in [4.69, 9.17) is 8.83 Å². The van der Waals surface area contributed by atoms with Crippen molar-refractivity contribution in [1.29, 1.82) is 0 Å². The van der Waals surface area contributed by atoms with Gasteiger partial charge in [-0.3, -0.25) is 9.59 Å². The first-order valence-electron chi connectivity index (χ1n) is 6.16. The van der Waals surface area contributed by atoms with Crippen LogP contribution in [0.3, 0.4) is 0 Å². The van der Waals surface area contributed by atoms with E-state index in [0.29, 0.717) is 0 Å². The molecule has 0 spiro atoms. The molecule has 0 unspecified atom stereocenters. The molecule has 5 nitrogen and oxygen atoms in total. The lowest BCUT2D eigenvalue weighted by Gasteiger charge is -2.04. The van der Waals surface area contributed by atoms with Crippen LogP contribution in [0.2, 0.25) is 0 Å². The summed E-state index contributed by atoms with van der Waals surface area (Å²) in [5, 5.41) is 9.82. The Balaban J connectivity index is 2.01. The number of phenolic OH excluding ortho intramolecular Hbond substituents is 1. The minimum atomic E-state index is -0.494. The number of ketones is 2. The van der Waals surface area contributed by atoms with Crippen LogP contribution in [-0.4, -0.2) is 16.7 Å². The highest BCUT2D eigenvalue weighted by atomic mass is 16.3. The van der Waals surface area contributed by atoms with Crippen LogP contribution in [0.1, 0.15) is 32.2 Å². The summed E-state index contributed by atoms with van der Waals surface area (Å²) in [6, 6.07) is 10.2. The lowest BCUT2D eigenvalue weighted by atomic mass is 10.0. The number of furan rings is 2. The highest BCUT2D eigenvalue weighted by Crippen LogP contribution is 2.23. The van der Waals surface area contributed by atoms with Crippen LogP contribution in [0, 0.1) is 0 Å². The van der Waals surface area contributed by atoms with Gasteiger partial charge in [-0.15, -0.1) is 0 Å². The van der Waals surface area contributed by atoms with Crippen LogP contribution < -0.4 is 0 Å². The predicted octanol–water partition coefficient (Wildman–Crippen LogP) is 3.04. The third-order valence-corrected chi connectivity index (χ3v) is 2.99. The Morgan fingerprint density at radius 1 is 0.857 bits per heavy atom. The van der Waals surface area contributed by atoms with Crippen LogP contribution >= 0.6 is 0 Å². The molecule has 0 aliphatic rings. The van der Waals surface area contributed by atoms with E-state index in [0.717, 1.165) is 0 Å². The third kappa shape index (κ3) is 2.36. The Kier molecular flexibility index (Phi) is 3.16. The molecule has 3 rings (SSSR count). The highest BCUT2D eigenvalue weighted by molar-refractivity contribution is 6.12.